The molecule has 0 aliphatic rings. The highest BCUT2D eigenvalue weighted by atomic mass is 32.2. The van der Waals surface area contributed by atoms with Crippen LogP contribution in [0.5, 0.6) is 0 Å². The van der Waals surface area contributed by atoms with Crippen molar-refractivity contribution in [2.24, 2.45) is 0 Å². The van der Waals surface area contributed by atoms with Crippen molar-refractivity contribution in [1.29, 1.82) is 5.26 Å². The zero-order valence-electron chi connectivity index (χ0n) is 12.8. The van der Waals surface area contributed by atoms with E-state index in [1.165, 1.54) is 23.4 Å². The number of fused-ring (bicyclic) bond motifs is 1. The van der Waals surface area contributed by atoms with E-state index in [1.807, 2.05) is 6.07 Å². The Bertz CT molecular complexity index is 795. The Balaban J connectivity index is 2.34. The van der Waals surface area contributed by atoms with Crippen LogP contribution in [0.1, 0.15) is 19.3 Å². The summed E-state index contributed by atoms with van der Waals surface area (Å²) in [7, 11) is 1.32. The molecule has 120 valence electrons. The van der Waals surface area contributed by atoms with Crippen LogP contribution in [0.25, 0.3) is 10.9 Å². The number of nitrogens with zero attached hydrogens (tertiary/aromatic N) is 3. The minimum atomic E-state index is -0.370. The van der Waals surface area contributed by atoms with E-state index in [-0.39, 0.29) is 24.5 Å². The molecule has 0 aliphatic carbocycles. The number of hydrogen-bond donors (Lipinski definition) is 0. The number of hydrogen-bond acceptors (Lipinski definition) is 6. The van der Waals surface area contributed by atoms with Gasteiger partial charge in [-0.05, 0) is 18.6 Å². The van der Waals surface area contributed by atoms with Crippen molar-refractivity contribution >= 4 is 28.6 Å². The Morgan fingerprint density at radius 1 is 1.43 bits per heavy atom. The van der Waals surface area contributed by atoms with Crippen LogP contribution in [-0.4, -0.2) is 28.4 Å². The Morgan fingerprint density at radius 2 is 2.22 bits per heavy atom. The number of methoxy groups -OCH3 is 1. The van der Waals surface area contributed by atoms with E-state index in [4.69, 9.17) is 5.26 Å². The summed E-state index contributed by atoms with van der Waals surface area (Å²) in [6.45, 7) is 0.226. The summed E-state index contributed by atoms with van der Waals surface area (Å²) in [4.78, 5) is 28.5. The third-order valence-electron chi connectivity index (χ3n) is 3.26. The summed E-state index contributed by atoms with van der Waals surface area (Å²) in [6.07, 6.45) is 1.30. The standard InChI is InChI=1S/C16H17N3O3S/c1-22-14(20)8-10-19-15(21)12-6-2-3-7-13(12)18-16(19)23-11-5-4-9-17/h2-3,6-7H,4-5,8,10-11H2,1H3. The summed E-state index contributed by atoms with van der Waals surface area (Å²) in [5.41, 5.74) is 0.469. The van der Waals surface area contributed by atoms with Gasteiger partial charge in [0.05, 0.1) is 30.5 Å². The van der Waals surface area contributed by atoms with E-state index in [2.05, 4.69) is 15.8 Å². The van der Waals surface area contributed by atoms with Crippen molar-refractivity contribution in [3.63, 3.8) is 0 Å². The Hall–Kier alpha value is -2.33. The first-order valence-electron chi connectivity index (χ1n) is 7.23. The van der Waals surface area contributed by atoms with Gasteiger partial charge in [-0.1, -0.05) is 23.9 Å². The van der Waals surface area contributed by atoms with Gasteiger partial charge in [0.1, 0.15) is 0 Å². The van der Waals surface area contributed by atoms with Gasteiger partial charge in [0, 0.05) is 18.7 Å². The summed E-state index contributed by atoms with van der Waals surface area (Å²) in [6, 6.07) is 9.23. The molecule has 23 heavy (non-hydrogen) atoms. The number of carbonyl (C=O) groups excluding carboxylic acids is 1. The number of ether oxygens (including phenoxy) is 1. The lowest BCUT2D eigenvalue weighted by Gasteiger charge is -2.12. The van der Waals surface area contributed by atoms with Crippen LogP contribution in [-0.2, 0) is 16.1 Å². The third-order valence-corrected chi connectivity index (χ3v) is 4.32. The summed E-state index contributed by atoms with van der Waals surface area (Å²) >= 11 is 1.42. The molecule has 0 unspecified atom stereocenters. The maximum Gasteiger partial charge on any atom is 0.307 e. The molecule has 0 amide bonds. The van der Waals surface area contributed by atoms with E-state index in [0.29, 0.717) is 28.2 Å². The van der Waals surface area contributed by atoms with Crippen molar-refractivity contribution in [2.45, 2.75) is 31.0 Å². The number of esters is 1. The van der Waals surface area contributed by atoms with Gasteiger partial charge in [0.25, 0.3) is 5.56 Å². The SMILES string of the molecule is COC(=O)CCn1c(SCCCC#N)nc2ccccc2c1=O. The fraction of sp³-hybridized carbons (Fsp3) is 0.375. The molecule has 0 aliphatic heterocycles. The zero-order valence-corrected chi connectivity index (χ0v) is 13.6. The zero-order chi connectivity index (χ0) is 16.7. The molecule has 0 radical (unpaired) electrons. The number of nitriles is 1. The molecule has 2 rings (SSSR count). The minimum absolute atomic E-state index is 0.113. The highest BCUT2D eigenvalue weighted by Gasteiger charge is 2.12. The molecule has 1 aromatic carbocycles. The average Bonchev–Trinajstić information content (AvgIpc) is 2.58. The number of para-hydroxylation sites is 1. The van der Waals surface area contributed by atoms with Gasteiger partial charge in [0.15, 0.2) is 5.16 Å². The first-order valence-corrected chi connectivity index (χ1v) is 8.22. The maximum atomic E-state index is 12.6. The van der Waals surface area contributed by atoms with E-state index in [0.717, 1.165) is 6.42 Å². The van der Waals surface area contributed by atoms with Crippen LogP contribution < -0.4 is 5.56 Å². The molecule has 7 heteroatoms. The lowest BCUT2D eigenvalue weighted by molar-refractivity contribution is -0.140. The van der Waals surface area contributed by atoms with Gasteiger partial charge in [-0.15, -0.1) is 0 Å². The topological polar surface area (TPSA) is 85.0 Å². The molecule has 1 aromatic heterocycles. The van der Waals surface area contributed by atoms with Crippen LogP contribution in [0.2, 0.25) is 0 Å². The smallest absolute Gasteiger partial charge is 0.307 e. The number of rotatable bonds is 7. The summed E-state index contributed by atoms with van der Waals surface area (Å²) in [5, 5.41) is 9.69. The predicted molar refractivity (Wildman–Crippen MR) is 88.2 cm³/mol. The minimum Gasteiger partial charge on any atom is -0.469 e. The van der Waals surface area contributed by atoms with Gasteiger partial charge in [-0.2, -0.15) is 5.26 Å². The van der Waals surface area contributed by atoms with Gasteiger partial charge < -0.3 is 4.74 Å². The lowest BCUT2D eigenvalue weighted by Crippen LogP contribution is -2.25. The Labute approximate surface area is 138 Å². The second kappa shape index (κ2) is 8.34. The molecule has 0 saturated heterocycles. The molecule has 0 N–H and O–H groups in total. The number of benzene rings is 1. The molecule has 0 spiro atoms. The predicted octanol–water partition coefficient (Wildman–Crippen LogP) is 2.36. The maximum absolute atomic E-state index is 12.6. The van der Waals surface area contributed by atoms with Crippen molar-refractivity contribution in [1.82, 2.24) is 9.55 Å². The molecule has 0 saturated carbocycles. The fourth-order valence-electron chi connectivity index (χ4n) is 2.07. The van der Waals surface area contributed by atoms with E-state index in [9.17, 15) is 9.59 Å². The Kier molecular flexibility index (Phi) is 6.18. The second-order valence-electron chi connectivity index (χ2n) is 4.80. The molecule has 1 heterocycles. The second-order valence-corrected chi connectivity index (χ2v) is 5.87. The molecule has 0 atom stereocenters. The number of unbranched alkanes of at least 4 members (excludes halogenated alkanes) is 1. The quantitative estimate of drug-likeness (QED) is 0.335. The van der Waals surface area contributed by atoms with E-state index < -0.39 is 0 Å². The van der Waals surface area contributed by atoms with Gasteiger partial charge in [-0.3, -0.25) is 14.2 Å². The largest absolute Gasteiger partial charge is 0.469 e. The third kappa shape index (κ3) is 4.33. The van der Waals surface area contributed by atoms with Gasteiger partial charge >= 0.3 is 5.97 Å². The summed E-state index contributed by atoms with van der Waals surface area (Å²) in [5.74, 6) is 0.321. The lowest BCUT2D eigenvalue weighted by atomic mass is 10.2. The summed E-state index contributed by atoms with van der Waals surface area (Å²) < 4.78 is 6.14. The van der Waals surface area contributed by atoms with E-state index in [1.54, 1.807) is 18.2 Å². The molecular weight excluding hydrogens is 314 g/mol. The van der Waals surface area contributed by atoms with Gasteiger partial charge in [-0.25, -0.2) is 4.98 Å². The van der Waals surface area contributed by atoms with Crippen molar-refractivity contribution < 1.29 is 9.53 Å². The highest BCUT2D eigenvalue weighted by Crippen LogP contribution is 2.19. The molecule has 2 aromatic rings. The highest BCUT2D eigenvalue weighted by molar-refractivity contribution is 7.99. The van der Waals surface area contributed by atoms with Crippen molar-refractivity contribution in [2.75, 3.05) is 12.9 Å². The van der Waals surface area contributed by atoms with Crippen LogP contribution >= 0.6 is 11.8 Å². The van der Waals surface area contributed by atoms with Gasteiger partial charge in [0.2, 0.25) is 0 Å². The van der Waals surface area contributed by atoms with Crippen molar-refractivity contribution in [3.8, 4) is 6.07 Å². The normalized spacial score (nSPS) is 10.4. The molecular formula is C16H17N3O3S. The monoisotopic (exact) mass is 331 g/mol. The molecule has 6 nitrogen and oxygen atoms in total. The van der Waals surface area contributed by atoms with E-state index >= 15 is 0 Å². The van der Waals surface area contributed by atoms with Crippen LogP contribution in [0.4, 0.5) is 0 Å². The Morgan fingerprint density at radius 3 is 2.96 bits per heavy atom. The van der Waals surface area contributed by atoms with Crippen LogP contribution in [0.3, 0.4) is 0 Å². The fourth-order valence-corrected chi connectivity index (χ4v) is 3.04. The molecule has 0 fully saturated rings. The first kappa shape index (κ1) is 17.0. The van der Waals surface area contributed by atoms with Crippen LogP contribution in [0, 0.1) is 11.3 Å². The number of carbonyl (C=O) groups is 1. The van der Waals surface area contributed by atoms with Crippen LogP contribution in [0.15, 0.2) is 34.2 Å². The average molecular weight is 331 g/mol. The number of thioether (sulfide) groups is 1. The van der Waals surface area contributed by atoms with Crippen molar-refractivity contribution in [3.05, 3.63) is 34.6 Å². The number of aromatic nitrogens is 2. The molecule has 0 bridgehead atoms. The first-order chi connectivity index (χ1) is 11.2.